The Bertz CT molecular complexity index is 594. The number of rotatable bonds is 3. The Morgan fingerprint density at radius 1 is 1.27 bits per heavy atom. The first-order valence-electron chi connectivity index (χ1n) is 8.94. The second kappa shape index (κ2) is 5.76. The highest BCUT2D eigenvalue weighted by Crippen LogP contribution is 2.54. The largest absolute Gasteiger partial charge is 0.508 e. The van der Waals surface area contributed by atoms with Crippen molar-refractivity contribution in [1.29, 1.82) is 0 Å². The van der Waals surface area contributed by atoms with Crippen LogP contribution in [-0.4, -0.2) is 5.11 Å². The summed E-state index contributed by atoms with van der Waals surface area (Å²) in [6, 6.07) is 4.40. The molecule has 0 heterocycles. The van der Waals surface area contributed by atoms with Crippen molar-refractivity contribution in [2.45, 2.75) is 72.1 Å². The van der Waals surface area contributed by atoms with E-state index in [-0.39, 0.29) is 0 Å². The molecular weight excluding hydrogens is 268 g/mol. The van der Waals surface area contributed by atoms with Crippen LogP contribution in [0.15, 0.2) is 23.8 Å². The number of benzene rings is 1. The molecule has 0 aliphatic heterocycles. The number of phenolic OH excluding ortho intramolecular Hbond substituents is 1. The first-order chi connectivity index (χ1) is 10.4. The topological polar surface area (TPSA) is 20.2 Å². The Hall–Kier alpha value is -1.24. The molecule has 1 N–H and O–H groups in total. The van der Waals surface area contributed by atoms with Crippen molar-refractivity contribution < 1.29 is 5.11 Å². The molecule has 0 bridgehead atoms. The predicted octanol–water partition coefficient (Wildman–Crippen LogP) is 5.76. The highest BCUT2D eigenvalue weighted by atomic mass is 16.3. The zero-order chi connectivity index (χ0) is 15.9. The fraction of sp³-hybridized carbons (Fsp3) is 0.619. The summed E-state index contributed by atoms with van der Waals surface area (Å²) in [4.78, 5) is 0. The standard InChI is InChI=1S/C21H30O/c1-5-6-7-15-11-16-13-21(3,4)18-9-8-14(2)10-17(18)20(16)19(22)12-15/h10-12,17-18,22H,5-9,13H2,1-4H3/t17-,18-/m1/s1. The molecule has 0 fully saturated rings. The van der Waals surface area contributed by atoms with Crippen LogP contribution in [0.4, 0.5) is 0 Å². The van der Waals surface area contributed by atoms with E-state index < -0.39 is 0 Å². The van der Waals surface area contributed by atoms with Crippen molar-refractivity contribution in [3.63, 3.8) is 0 Å². The minimum absolute atomic E-state index is 0.324. The van der Waals surface area contributed by atoms with E-state index in [0.717, 1.165) is 12.8 Å². The molecule has 0 unspecified atom stereocenters. The maximum Gasteiger partial charge on any atom is 0.119 e. The third kappa shape index (κ3) is 2.71. The second-order valence-electron chi connectivity index (χ2n) is 8.14. The highest BCUT2D eigenvalue weighted by molar-refractivity contribution is 5.50. The van der Waals surface area contributed by atoms with Gasteiger partial charge < -0.3 is 5.11 Å². The quantitative estimate of drug-likeness (QED) is 0.704. The predicted molar refractivity (Wildman–Crippen MR) is 93.4 cm³/mol. The summed E-state index contributed by atoms with van der Waals surface area (Å²) in [5, 5.41) is 10.7. The summed E-state index contributed by atoms with van der Waals surface area (Å²) in [7, 11) is 0. The zero-order valence-electron chi connectivity index (χ0n) is 14.6. The van der Waals surface area contributed by atoms with Gasteiger partial charge in [-0.25, -0.2) is 0 Å². The van der Waals surface area contributed by atoms with E-state index in [0.29, 0.717) is 23.0 Å². The van der Waals surface area contributed by atoms with E-state index in [4.69, 9.17) is 0 Å². The van der Waals surface area contributed by atoms with Crippen molar-refractivity contribution >= 4 is 0 Å². The van der Waals surface area contributed by atoms with Crippen molar-refractivity contribution in [2.75, 3.05) is 0 Å². The van der Waals surface area contributed by atoms with Gasteiger partial charge >= 0.3 is 0 Å². The molecule has 22 heavy (non-hydrogen) atoms. The summed E-state index contributed by atoms with van der Waals surface area (Å²) in [5.74, 6) is 1.61. The number of aryl methyl sites for hydroxylation is 1. The van der Waals surface area contributed by atoms with Crippen LogP contribution in [-0.2, 0) is 12.8 Å². The Balaban J connectivity index is 2.06. The van der Waals surface area contributed by atoms with E-state index in [1.807, 2.05) is 6.07 Å². The monoisotopic (exact) mass is 298 g/mol. The molecule has 2 aliphatic carbocycles. The van der Waals surface area contributed by atoms with Crippen molar-refractivity contribution in [3.05, 3.63) is 40.5 Å². The minimum atomic E-state index is 0.324. The SMILES string of the molecule is CCCCc1cc(O)c2c(c1)CC(C)(C)[C@@H]1CCC(C)=C[C@@H]21. The van der Waals surface area contributed by atoms with Gasteiger partial charge in [0.05, 0.1) is 0 Å². The van der Waals surface area contributed by atoms with Gasteiger partial charge in [0.1, 0.15) is 5.75 Å². The number of allylic oxidation sites excluding steroid dienone is 2. The van der Waals surface area contributed by atoms with Gasteiger partial charge in [-0.2, -0.15) is 0 Å². The Kier molecular flexibility index (Phi) is 4.09. The van der Waals surface area contributed by atoms with E-state index in [1.165, 1.54) is 47.9 Å². The molecule has 0 saturated heterocycles. The van der Waals surface area contributed by atoms with Crippen LogP contribution in [0.2, 0.25) is 0 Å². The molecule has 0 radical (unpaired) electrons. The first kappa shape index (κ1) is 15.6. The molecule has 1 aromatic rings. The lowest BCUT2D eigenvalue weighted by Gasteiger charge is -2.47. The highest BCUT2D eigenvalue weighted by Gasteiger charge is 2.43. The number of phenols is 1. The third-order valence-electron chi connectivity index (χ3n) is 5.85. The normalized spacial score (nSPS) is 26.1. The van der Waals surface area contributed by atoms with Crippen LogP contribution in [0.3, 0.4) is 0 Å². The molecule has 2 aliphatic rings. The molecule has 1 aromatic carbocycles. The van der Waals surface area contributed by atoms with Crippen molar-refractivity contribution in [1.82, 2.24) is 0 Å². The average Bonchev–Trinajstić information content (AvgIpc) is 2.43. The summed E-state index contributed by atoms with van der Waals surface area (Å²) >= 11 is 0. The molecule has 120 valence electrons. The second-order valence-corrected chi connectivity index (χ2v) is 8.14. The van der Waals surface area contributed by atoms with E-state index in [1.54, 1.807) is 0 Å². The van der Waals surface area contributed by atoms with Crippen LogP contribution in [0.1, 0.15) is 76.0 Å². The van der Waals surface area contributed by atoms with E-state index in [9.17, 15) is 5.11 Å². The van der Waals surface area contributed by atoms with Gasteiger partial charge in [0.2, 0.25) is 0 Å². The van der Waals surface area contributed by atoms with Crippen LogP contribution >= 0.6 is 0 Å². The van der Waals surface area contributed by atoms with Gasteiger partial charge in [-0.05, 0) is 67.6 Å². The third-order valence-corrected chi connectivity index (χ3v) is 5.85. The molecular formula is C21H30O. The summed E-state index contributed by atoms with van der Waals surface area (Å²) < 4.78 is 0. The van der Waals surface area contributed by atoms with Crippen LogP contribution in [0.5, 0.6) is 5.75 Å². The first-order valence-corrected chi connectivity index (χ1v) is 8.94. The molecule has 1 nitrogen and oxygen atoms in total. The van der Waals surface area contributed by atoms with Crippen molar-refractivity contribution in [2.24, 2.45) is 11.3 Å². The minimum Gasteiger partial charge on any atom is -0.508 e. The molecule has 1 heteroatoms. The van der Waals surface area contributed by atoms with Gasteiger partial charge in [-0.1, -0.05) is 44.9 Å². The smallest absolute Gasteiger partial charge is 0.119 e. The molecule has 0 aromatic heterocycles. The zero-order valence-corrected chi connectivity index (χ0v) is 14.6. The summed E-state index contributed by atoms with van der Waals surface area (Å²) in [6.07, 6.45) is 9.50. The number of hydrogen-bond donors (Lipinski definition) is 1. The van der Waals surface area contributed by atoms with Crippen LogP contribution in [0, 0.1) is 11.3 Å². The fourth-order valence-electron chi connectivity index (χ4n) is 4.67. The Labute approximate surface area is 135 Å². The van der Waals surface area contributed by atoms with Gasteiger partial charge in [0.25, 0.3) is 0 Å². The fourth-order valence-corrected chi connectivity index (χ4v) is 4.67. The van der Waals surface area contributed by atoms with E-state index in [2.05, 4.69) is 39.8 Å². The number of fused-ring (bicyclic) bond motifs is 3. The lowest BCUT2D eigenvalue weighted by atomic mass is 9.58. The molecule has 3 rings (SSSR count). The Morgan fingerprint density at radius 2 is 2.05 bits per heavy atom. The summed E-state index contributed by atoms with van der Waals surface area (Å²) in [6.45, 7) is 9.29. The maximum absolute atomic E-state index is 10.7. The average molecular weight is 298 g/mol. The number of unbranched alkanes of at least 4 members (excludes halogenated alkanes) is 1. The van der Waals surface area contributed by atoms with Crippen LogP contribution in [0.25, 0.3) is 0 Å². The van der Waals surface area contributed by atoms with E-state index >= 15 is 0 Å². The van der Waals surface area contributed by atoms with Crippen molar-refractivity contribution in [3.8, 4) is 5.75 Å². The van der Waals surface area contributed by atoms with Gasteiger partial charge in [-0.3, -0.25) is 0 Å². The summed E-state index contributed by atoms with van der Waals surface area (Å²) in [5.41, 5.74) is 5.74. The molecule has 2 atom stereocenters. The number of hydrogen-bond acceptors (Lipinski definition) is 1. The van der Waals surface area contributed by atoms with Gasteiger partial charge in [-0.15, -0.1) is 0 Å². The lowest BCUT2D eigenvalue weighted by molar-refractivity contribution is 0.155. The lowest BCUT2D eigenvalue weighted by Crippen LogP contribution is -2.37. The Morgan fingerprint density at radius 3 is 2.77 bits per heavy atom. The molecule has 0 amide bonds. The van der Waals surface area contributed by atoms with Crippen LogP contribution < -0.4 is 0 Å². The molecule has 0 saturated carbocycles. The maximum atomic E-state index is 10.7. The van der Waals surface area contributed by atoms with Gasteiger partial charge in [0.15, 0.2) is 0 Å². The molecule has 0 spiro atoms. The number of aromatic hydroxyl groups is 1. The van der Waals surface area contributed by atoms with Gasteiger partial charge in [0, 0.05) is 11.5 Å².